The first-order valence-electron chi connectivity index (χ1n) is 8.20. The number of ether oxygens (including phenoxy) is 1. The molecule has 0 spiro atoms. The summed E-state index contributed by atoms with van der Waals surface area (Å²) in [6, 6.07) is 5.86. The molecule has 3 unspecified atom stereocenters. The van der Waals surface area contributed by atoms with Crippen molar-refractivity contribution >= 4 is 18.3 Å². The van der Waals surface area contributed by atoms with E-state index in [0.29, 0.717) is 24.7 Å². The van der Waals surface area contributed by atoms with E-state index in [1.807, 2.05) is 4.90 Å². The molecule has 8 heteroatoms. The van der Waals surface area contributed by atoms with Gasteiger partial charge in [-0.2, -0.15) is 0 Å². The highest BCUT2D eigenvalue weighted by atomic mass is 35.5. The molecule has 3 atom stereocenters. The van der Waals surface area contributed by atoms with Crippen LogP contribution in [0.5, 0.6) is 5.75 Å². The molecule has 0 bridgehead atoms. The first kappa shape index (κ1) is 19.8. The number of halogens is 4. The number of carbonyl (C=O) groups excluding carboxylic acids is 1. The average molecular weight is 379 g/mol. The standard InChI is InChI=1S/C17H21F3N2O2.ClH/c18-17(19,20)24-13-5-1-11(2-6-13)3-8-16(23)22-9-12-4-7-15(21)14(12)10-22;/h1-2,5-6,12,14-15H,3-4,7-10,21H2;1H. The van der Waals surface area contributed by atoms with E-state index >= 15 is 0 Å². The van der Waals surface area contributed by atoms with Gasteiger partial charge >= 0.3 is 6.36 Å². The van der Waals surface area contributed by atoms with E-state index in [-0.39, 0.29) is 30.1 Å². The number of aryl methyl sites for hydroxylation is 1. The van der Waals surface area contributed by atoms with Gasteiger partial charge in [-0.25, -0.2) is 0 Å². The SMILES string of the molecule is Cl.NC1CCC2CN(C(=O)CCc3ccc(OC(F)(F)F)cc3)CC12. The molecule has 0 radical (unpaired) electrons. The van der Waals surface area contributed by atoms with Crippen molar-refractivity contribution in [3.8, 4) is 5.75 Å². The topological polar surface area (TPSA) is 55.6 Å². The molecule has 1 saturated carbocycles. The molecule has 3 rings (SSSR count). The first-order valence-corrected chi connectivity index (χ1v) is 8.20. The highest BCUT2D eigenvalue weighted by Crippen LogP contribution is 2.37. The third-order valence-corrected chi connectivity index (χ3v) is 5.05. The molecule has 140 valence electrons. The van der Waals surface area contributed by atoms with E-state index in [1.165, 1.54) is 12.1 Å². The number of carbonyl (C=O) groups is 1. The van der Waals surface area contributed by atoms with Gasteiger partial charge in [0.05, 0.1) is 0 Å². The summed E-state index contributed by atoms with van der Waals surface area (Å²) < 4.78 is 40.2. The molecule has 1 amide bonds. The van der Waals surface area contributed by atoms with Crippen LogP contribution < -0.4 is 10.5 Å². The Kier molecular flexibility index (Phi) is 6.21. The minimum atomic E-state index is -4.69. The van der Waals surface area contributed by atoms with Gasteiger partial charge in [-0.05, 0) is 48.8 Å². The number of hydrogen-bond donors (Lipinski definition) is 1. The minimum absolute atomic E-state index is 0. The van der Waals surface area contributed by atoms with Crippen LogP contribution in [0.2, 0.25) is 0 Å². The van der Waals surface area contributed by atoms with Gasteiger partial charge in [0.15, 0.2) is 0 Å². The Labute approximate surface area is 150 Å². The Morgan fingerprint density at radius 2 is 1.88 bits per heavy atom. The monoisotopic (exact) mass is 378 g/mol. The molecule has 0 aromatic heterocycles. The Balaban J connectivity index is 0.00000225. The van der Waals surface area contributed by atoms with Crippen molar-refractivity contribution in [2.75, 3.05) is 13.1 Å². The Morgan fingerprint density at radius 1 is 1.20 bits per heavy atom. The number of benzene rings is 1. The van der Waals surface area contributed by atoms with E-state index < -0.39 is 6.36 Å². The lowest BCUT2D eigenvalue weighted by atomic mass is 9.98. The second kappa shape index (κ2) is 7.83. The van der Waals surface area contributed by atoms with Gasteiger partial charge in [-0.1, -0.05) is 12.1 Å². The molecular formula is C17H22ClF3N2O2. The summed E-state index contributed by atoms with van der Waals surface area (Å²) in [6.45, 7) is 1.53. The van der Waals surface area contributed by atoms with Crippen LogP contribution in [0.25, 0.3) is 0 Å². The summed E-state index contributed by atoms with van der Waals surface area (Å²) in [4.78, 5) is 14.2. The largest absolute Gasteiger partial charge is 0.573 e. The molecule has 2 aliphatic rings. The van der Waals surface area contributed by atoms with Gasteiger partial charge in [0, 0.05) is 25.6 Å². The summed E-state index contributed by atoms with van der Waals surface area (Å²) in [5.41, 5.74) is 6.89. The zero-order chi connectivity index (χ0) is 17.3. The summed E-state index contributed by atoms with van der Waals surface area (Å²) in [5.74, 6) is 0.793. The van der Waals surface area contributed by atoms with E-state index in [9.17, 15) is 18.0 Å². The Bertz CT molecular complexity index is 595. The van der Waals surface area contributed by atoms with Gasteiger partial charge in [-0.15, -0.1) is 25.6 Å². The van der Waals surface area contributed by atoms with E-state index in [4.69, 9.17) is 5.73 Å². The normalized spacial score (nSPS) is 25.4. The molecule has 1 aliphatic heterocycles. The maximum atomic E-state index is 12.3. The van der Waals surface area contributed by atoms with Crippen molar-refractivity contribution in [1.29, 1.82) is 0 Å². The molecule has 1 aliphatic carbocycles. The Hall–Kier alpha value is -1.47. The number of alkyl halides is 3. The van der Waals surface area contributed by atoms with Gasteiger partial charge in [0.2, 0.25) is 5.91 Å². The number of amides is 1. The van der Waals surface area contributed by atoms with E-state index in [0.717, 1.165) is 31.5 Å². The third-order valence-electron chi connectivity index (χ3n) is 5.05. The van der Waals surface area contributed by atoms with Gasteiger partial charge in [0.25, 0.3) is 0 Å². The maximum Gasteiger partial charge on any atom is 0.573 e. The highest BCUT2D eigenvalue weighted by molar-refractivity contribution is 5.85. The van der Waals surface area contributed by atoms with Crippen LogP contribution in [0.3, 0.4) is 0 Å². The number of hydrogen-bond acceptors (Lipinski definition) is 3. The second-order valence-corrected chi connectivity index (χ2v) is 6.66. The zero-order valence-corrected chi connectivity index (χ0v) is 14.5. The summed E-state index contributed by atoms with van der Waals surface area (Å²) >= 11 is 0. The highest BCUT2D eigenvalue weighted by Gasteiger charge is 2.42. The fraction of sp³-hybridized carbons (Fsp3) is 0.588. The van der Waals surface area contributed by atoms with Gasteiger partial charge < -0.3 is 15.4 Å². The number of nitrogens with two attached hydrogens (primary N) is 1. The Morgan fingerprint density at radius 3 is 2.48 bits per heavy atom. The number of likely N-dealkylation sites (tertiary alicyclic amines) is 1. The summed E-state index contributed by atoms with van der Waals surface area (Å²) in [6.07, 6.45) is -1.69. The molecule has 1 saturated heterocycles. The number of fused-ring (bicyclic) bond motifs is 1. The van der Waals surface area contributed by atoms with Crippen LogP contribution in [0.15, 0.2) is 24.3 Å². The fourth-order valence-electron chi connectivity index (χ4n) is 3.78. The van der Waals surface area contributed by atoms with Crippen molar-refractivity contribution in [3.63, 3.8) is 0 Å². The first-order chi connectivity index (χ1) is 11.3. The number of rotatable bonds is 4. The predicted molar refractivity (Wildman–Crippen MR) is 89.5 cm³/mol. The van der Waals surface area contributed by atoms with Crippen LogP contribution in [0.4, 0.5) is 13.2 Å². The second-order valence-electron chi connectivity index (χ2n) is 6.66. The quantitative estimate of drug-likeness (QED) is 0.875. The van der Waals surface area contributed by atoms with Crippen LogP contribution >= 0.6 is 12.4 Å². The molecular weight excluding hydrogens is 357 g/mol. The molecule has 1 heterocycles. The summed E-state index contributed by atoms with van der Waals surface area (Å²) in [5, 5.41) is 0. The van der Waals surface area contributed by atoms with Gasteiger partial charge in [0.1, 0.15) is 5.75 Å². The molecule has 2 fully saturated rings. The van der Waals surface area contributed by atoms with Crippen molar-refractivity contribution < 1.29 is 22.7 Å². The minimum Gasteiger partial charge on any atom is -0.406 e. The van der Waals surface area contributed by atoms with Crippen LogP contribution in [0, 0.1) is 11.8 Å². The average Bonchev–Trinajstić information content (AvgIpc) is 3.07. The lowest BCUT2D eigenvalue weighted by molar-refractivity contribution is -0.274. The molecule has 1 aromatic rings. The zero-order valence-electron chi connectivity index (χ0n) is 13.7. The molecule has 4 nitrogen and oxygen atoms in total. The van der Waals surface area contributed by atoms with Crippen LogP contribution in [-0.4, -0.2) is 36.3 Å². The van der Waals surface area contributed by atoms with Crippen LogP contribution in [0.1, 0.15) is 24.8 Å². The van der Waals surface area contributed by atoms with E-state index in [2.05, 4.69) is 4.74 Å². The predicted octanol–water partition coefficient (Wildman–Crippen LogP) is 3.14. The van der Waals surface area contributed by atoms with Crippen LogP contribution in [-0.2, 0) is 11.2 Å². The van der Waals surface area contributed by atoms with Crippen molar-refractivity contribution in [2.24, 2.45) is 17.6 Å². The molecule has 25 heavy (non-hydrogen) atoms. The lowest BCUT2D eigenvalue weighted by Crippen LogP contribution is -2.33. The molecule has 1 aromatic carbocycles. The van der Waals surface area contributed by atoms with Crippen molar-refractivity contribution in [2.45, 2.75) is 38.1 Å². The lowest BCUT2D eigenvalue weighted by Gasteiger charge is -2.18. The third kappa shape index (κ3) is 5.01. The fourth-order valence-corrected chi connectivity index (χ4v) is 3.78. The van der Waals surface area contributed by atoms with Gasteiger partial charge in [-0.3, -0.25) is 4.79 Å². The number of nitrogens with zero attached hydrogens (tertiary/aromatic N) is 1. The maximum absolute atomic E-state index is 12.3. The smallest absolute Gasteiger partial charge is 0.406 e. The van der Waals surface area contributed by atoms with E-state index in [1.54, 1.807) is 12.1 Å². The summed E-state index contributed by atoms with van der Waals surface area (Å²) in [7, 11) is 0. The molecule has 2 N–H and O–H groups in total. The van der Waals surface area contributed by atoms with Crippen molar-refractivity contribution in [3.05, 3.63) is 29.8 Å². The van der Waals surface area contributed by atoms with Crippen molar-refractivity contribution in [1.82, 2.24) is 4.90 Å².